The van der Waals surface area contributed by atoms with Gasteiger partial charge in [-0.3, -0.25) is 0 Å². The molecule has 0 heterocycles. The van der Waals surface area contributed by atoms with E-state index in [1.54, 1.807) is 20.8 Å². The number of halogens is 2. The lowest BCUT2D eigenvalue weighted by molar-refractivity contribution is -0.140. The normalized spacial score (nSPS) is 12.4. The number of amides is 1. The van der Waals surface area contributed by atoms with Gasteiger partial charge in [-0.15, -0.1) is 0 Å². The second kappa shape index (κ2) is 7.33. The van der Waals surface area contributed by atoms with Gasteiger partial charge < -0.3 is 25.6 Å². The number of aliphatic carboxylic acids is 1. The summed E-state index contributed by atoms with van der Waals surface area (Å²) in [7, 11) is 0. The summed E-state index contributed by atoms with van der Waals surface area (Å²) in [6.07, 6.45) is -0.965. The zero-order chi connectivity index (χ0) is 18.7. The van der Waals surface area contributed by atoms with Crippen molar-refractivity contribution in [3.63, 3.8) is 0 Å². The van der Waals surface area contributed by atoms with Gasteiger partial charge in [-0.1, -0.05) is 0 Å². The van der Waals surface area contributed by atoms with Crippen LogP contribution in [-0.4, -0.2) is 35.4 Å². The minimum absolute atomic E-state index is 0.276. The summed E-state index contributed by atoms with van der Waals surface area (Å²) in [6, 6.07) is -0.646. The molecule has 0 bridgehead atoms. The van der Waals surface area contributed by atoms with Crippen molar-refractivity contribution in [1.82, 2.24) is 5.32 Å². The molecule has 0 aliphatic carbocycles. The molecule has 9 heteroatoms. The second-order valence-corrected chi connectivity index (χ2v) is 6.06. The number of nitrogens with one attached hydrogen (secondary N) is 1. The summed E-state index contributed by atoms with van der Waals surface area (Å²) in [5, 5.41) is 11.2. The van der Waals surface area contributed by atoms with Crippen LogP contribution in [-0.2, 0) is 9.53 Å². The molecule has 1 atom stereocenters. The highest BCUT2D eigenvalue weighted by Gasteiger charge is 2.25. The lowest BCUT2D eigenvalue weighted by Crippen LogP contribution is -2.46. The van der Waals surface area contributed by atoms with Gasteiger partial charge in [0.25, 0.3) is 0 Å². The van der Waals surface area contributed by atoms with Crippen LogP contribution in [0.2, 0.25) is 0 Å². The minimum Gasteiger partial charge on any atom is -0.488 e. The van der Waals surface area contributed by atoms with Gasteiger partial charge in [-0.2, -0.15) is 0 Å². The van der Waals surface area contributed by atoms with Crippen molar-refractivity contribution in [3.8, 4) is 5.75 Å². The van der Waals surface area contributed by atoms with E-state index in [2.05, 4.69) is 5.32 Å². The fraction of sp³-hybridized carbons (Fsp3) is 0.467. The number of carboxylic acids is 1. The van der Waals surface area contributed by atoms with E-state index in [0.717, 1.165) is 6.07 Å². The van der Waals surface area contributed by atoms with Crippen LogP contribution in [0.1, 0.15) is 26.3 Å². The Morgan fingerprint density at radius 1 is 1.38 bits per heavy atom. The molecule has 4 N–H and O–H groups in total. The molecule has 1 aromatic rings. The van der Waals surface area contributed by atoms with E-state index in [4.69, 9.17) is 20.3 Å². The van der Waals surface area contributed by atoms with Crippen LogP contribution in [0.4, 0.5) is 19.3 Å². The number of carboxylic acid groups (broad SMARTS) is 1. The molecule has 0 aliphatic heterocycles. The van der Waals surface area contributed by atoms with Crippen molar-refractivity contribution in [3.05, 3.63) is 23.3 Å². The number of anilines is 1. The van der Waals surface area contributed by atoms with Crippen molar-refractivity contribution in [1.29, 1.82) is 0 Å². The van der Waals surface area contributed by atoms with Crippen LogP contribution in [0, 0.1) is 18.6 Å². The maximum atomic E-state index is 13.7. The summed E-state index contributed by atoms with van der Waals surface area (Å²) in [6.45, 7) is 5.43. The zero-order valence-electron chi connectivity index (χ0n) is 13.8. The number of carbonyl (C=O) groups is 2. The third-order valence-electron chi connectivity index (χ3n) is 2.84. The third kappa shape index (κ3) is 5.25. The SMILES string of the molecule is Cc1c(F)cc(OC[C@@H](NC(=O)OC(C)(C)C)C(=O)O)c(N)c1F. The summed E-state index contributed by atoms with van der Waals surface area (Å²) < 4.78 is 37.2. The number of benzene rings is 1. The Labute approximate surface area is 137 Å². The Morgan fingerprint density at radius 3 is 2.46 bits per heavy atom. The van der Waals surface area contributed by atoms with Gasteiger partial charge in [-0.05, 0) is 27.7 Å². The van der Waals surface area contributed by atoms with E-state index in [1.165, 1.54) is 6.92 Å². The molecule has 134 valence electrons. The number of hydrogen-bond acceptors (Lipinski definition) is 5. The summed E-state index contributed by atoms with van der Waals surface area (Å²) in [5.74, 6) is -3.64. The number of nitrogens with two attached hydrogens (primary N) is 1. The fourth-order valence-corrected chi connectivity index (χ4v) is 1.63. The summed E-state index contributed by atoms with van der Waals surface area (Å²) >= 11 is 0. The molecule has 0 unspecified atom stereocenters. The second-order valence-electron chi connectivity index (χ2n) is 6.06. The molecule has 0 saturated carbocycles. The van der Waals surface area contributed by atoms with Crippen LogP contribution < -0.4 is 15.8 Å². The first kappa shape index (κ1) is 19.5. The quantitative estimate of drug-likeness (QED) is 0.705. The van der Waals surface area contributed by atoms with E-state index < -0.39 is 47.6 Å². The molecular formula is C15H20F2N2O5. The largest absolute Gasteiger partial charge is 0.488 e. The number of carbonyl (C=O) groups excluding carboxylic acids is 1. The van der Waals surface area contributed by atoms with E-state index in [1.807, 2.05) is 0 Å². The Balaban J connectivity index is 2.82. The van der Waals surface area contributed by atoms with E-state index in [9.17, 15) is 18.4 Å². The van der Waals surface area contributed by atoms with Crippen LogP contribution in [0.25, 0.3) is 0 Å². The highest BCUT2D eigenvalue weighted by atomic mass is 19.1. The van der Waals surface area contributed by atoms with E-state index >= 15 is 0 Å². The molecule has 1 rings (SSSR count). The first-order valence-electron chi connectivity index (χ1n) is 7.01. The van der Waals surface area contributed by atoms with Gasteiger partial charge in [0, 0.05) is 11.6 Å². The first-order chi connectivity index (χ1) is 10.9. The molecule has 0 spiro atoms. The predicted octanol–water partition coefficient (Wildman–Crippen LogP) is 2.21. The van der Waals surface area contributed by atoms with Crippen molar-refractivity contribution in [2.24, 2.45) is 0 Å². The van der Waals surface area contributed by atoms with Crippen LogP contribution in [0.15, 0.2) is 6.07 Å². The topological polar surface area (TPSA) is 111 Å². The van der Waals surface area contributed by atoms with Crippen molar-refractivity contribution < 1.29 is 33.0 Å². The maximum Gasteiger partial charge on any atom is 0.408 e. The number of hydrogen-bond donors (Lipinski definition) is 3. The van der Waals surface area contributed by atoms with Gasteiger partial charge in [-0.25, -0.2) is 18.4 Å². The van der Waals surface area contributed by atoms with Gasteiger partial charge in [0.15, 0.2) is 11.9 Å². The molecule has 1 amide bonds. The molecule has 0 saturated heterocycles. The summed E-state index contributed by atoms with van der Waals surface area (Å²) in [4.78, 5) is 22.8. The first-order valence-corrected chi connectivity index (χ1v) is 7.01. The van der Waals surface area contributed by atoms with E-state index in [-0.39, 0.29) is 11.3 Å². The summed E-state index contributed by atoms with van der Waals surface area (Å²) in [5.41, 5.74) is 3.93. The smallest absolute Gasteiger partial charge is 0.408 e. The molecule has 0 radical (unpaired) electrons. The van der Waals surface area contributed by atoms with Gasteiger partial charge >= 0.3 is 12.1 Å². The van der Waals surface area contributed by atoms with E-state index in [0.29, 0.717) is 0 Å². The van der Waals surface area contributed by atoms with Crippen molar-refractivity contribution in [2.75, 3.05) is 12.3 Å². The minimum atomic E-state index is -1.49. The monoisotopic (exact) mass is 346 g/mol. The number of nitrogen functional groups attached to an aromatic ring is 1. The molecule has 24 heavy (non-hydrogen) atoms. The molecule has 1 aromatic carbocycles. The number of ether oxygens (including phenoxy) is 2. The Hall–Kier alpha value is -2.58. The lowest BCUT2D eigenvalue weighted by Gasteiger charge is -2.22. The third-order valence-corrected chi connectivity index (χ3v) is 2.84. The zero-order valence-corrected chi connectivity index (χ0v) is 13.8. The van der Waals surface area contributed by atoms with Crippen molar-refractivity contribution in [2.45, 2.75) is 39.3 Å². The van der Waals surface area contributed by atoms with Crippen LogP contribution >= 0.6 is 0 Å². The van der Waals surface area contributed by atoms with Gasteiger partial charge in [0.1, 0.15) is 29.5 Å². The highest BCUT2D eigenvalue weighted by Crippen LogP contribution is 2.29. The lowest BCUT2D eigenvalue weighted by atomic mass is 10.2. The average molecular weight is 346 g/mol. The fourth-order valence-electron chi connectivity index (χ4n) is 1.63. The van der Waals surface area contributed by atoms with Crippen LogP contribution in [0.5, 0.6) is 5.75 Å². The molecular weight excluding hydrogens is 326 g/mol. The number of alkyl carbamates (subject to hydrolysis) is 1. The average Bonchev–Trinajstić information content (AvgIpc) is 2.43. The molecule has 0 aromatic heterocycles. The van der Waals surface area contributed by atoms with Crippen LogP contribution in [0.3, 0.4) is 0 Å². The Bertz CT molecular complexity index is 644. The van der Waals surface area contributed by atoms with Gasteiger partial charge in [0.2, 0.25) is 0 Å². The maximum absolute atomic E-state index is 13.7. The predicted molar refractivity (Wildman–Crippen MR) is 81.8 cm³/mol. The molecule has 0 fully saturated rings. The standard InChI is InChI=1S/C15H20F2N2O5/c1-7-8(16)5-10(12(18)11(7)17)23-6-9(13(20)21)19-14(22)24-15(2,3)4/h5,9H,6,18H2,1-4H3,(H,19,22)(H,20,21)/t9-/m1/s1. The molecule has 0 aliphatic rings. The molecule has 7 nitrogen and oxygen atoms in total. The Morgan fingerprint density at radius 2 is 1.96 bits per heavy atom. The van der Waals surface area contributed by atoms with Gasteiger partial charge in [0.05, 0.1) is 0 Å². The van der Waals surface area contributed by atoms with Crippen molar-refractivity contribution >= 4 is 17.7 Å². The Kier molecular flexibility index (Phi) is 5.94. The highest BCUT2D eigenvalue weighted by molar-refractivity contribution is 5.80. The number of rotatable bonds is 5.